The van der Waals surface area contributed by atoms with E-state index in [1.807, 2.05) is 0 Å². The topological polar surface area (TPSA) is 57.5 Å². The number of aliphatic carboxylic acids is 1. The third kappa shape index (κ3) is 3.46. The van der Waals surface area contributed by atoms with E-state index in [1.54, 1.807) is 0 Å². The Labute approximate surface area is 114 Å². The number of hydrogen-bond acceptors (Lipinski definition) is 2. The molecule has 0 saturated heterocycles. The van der Waals surface area contributed by atoms with Crippen LogP contribution in [0.4, 0.5) is 26.3 Å². The van der Waals surface area contributed by atoms with E-state index < -0.39 is 41.0 Å². The number of carbonyl (C=O) groups is 1. The first-order chi connectivity index (χ1) is 9.28. The van der Waals surface area contributed by atoms with E-state index in [0.29, 0.717) is 24.3 Å². The number of aliphatic hydroxyl groups is 1. The summed E-state index contributed by atoms with van der Waals surface area (Å²) in [6.45, 7) is 0.253. The van der Waals surface area contributed by atoms with E-state index in [2.05, 4.69) is 0 Å². The second-order valence-electron chi connectivity index (χ2n) is 4.54. The maximum absolute atomic E-state index is 12.7. The third-order valence-electron chi connectivity index (χ3n) is 2.95. The minimum Gasteiger partial charge on any atom is -0.481 e. The van der Waals surface area contributed by atoms with Gasteiger partial charge >= 0.3 is 18.3 Å². The molecule has 21 heavy (non-hydrogen) atoms. The summed E-state index contributed by atoms with van der Waals surface area (Å²) in [7, 11) is 0. The van der Waals surface area contributed by atoms with Crippen LogP contribution in [0.3, 0.4) is 0 Å². The summed E-state index contributed by atoms with van der Waals surface area (Å²) in [4.78, 5) is 11.0. The zero-order valence-electron chi connectivity index (χ0n) is 10.5. The van der Waals surface area contributed by atoms with Crippen LogP contribution in [0.25, 0.3) is 0 Å². The Morgan fingerprint density at radius 1 is 1.05 bits per heavy atom. The molecule has 1 rings (SSSR count). The summed E-state index contributed by atoms with van der Waals surface area (Å²) in [6.07, 6.45) is -9.97. The van der Waals surface area contributed by atoms with Crippen LogP contribution >= 0.6 is 0 Å². The van der Waals surface area contributed by atoms with E-state index in [4.69, 9.17) is 5.11 Å². The van der Waals surface area contributed by atoms with Gasteiger partial charge in [0.05, 0.1) is 5.56 Å². The molecule has 0 aliphatic rings. The zero-order valence-corrected chi connectivity index (χ0v) is 10.5. The molecule has 118 valence electrons. The highest BCUT2D eigenvalue weighted by molar-refractivity contribution is 5.78. The predicted octanol–water partition coefficient (Wildman–Crippen LogP) is 3.19. The quantitative estimate of drug-likeness (QED) is 0.842. The van der Waals surface area contributed by atoms with Gasteiger partial charge in [-0.15, -0.1) is 0 Å². The van der Waals surface area contributed by atoms with Gasteiger partial charge in [-0.3, -0.25) is 4.79 Å². The number of carboxylic acids is 1. The van der Waals surface area contributed by atoms with Crippen molar-refractivity contribution >= 4 is 5.97 Å². The van der Waals surface area contributed by atoms with Crippen molar-refractivity contribution in [2.75, 3.05) is 0 Å². The number of rotatable bonds is 3. The molecule has 0 radical (unpaired) electrons. The molecule has 0 saturated carbocycles. The first kappa shape index (κ1) is 17.3. The fourth-order valence-corrected chi connectivity index (χ4v) is 1.74. The van der Waals surface area contributed by atoms with Crippen molar-refractivity contribution in [2.45, 2.75) is 30.8 Å². The Kier molecular flexibility index (Phi) is 4.29. The van der Waals surface area contributed by atoms with Crippen molar-refractivity contribution in [3.8, 4) is 0 Å². The number of halogens is 6. The van der Waals surface area contributed by atoms with Gasteiger partial charge in [-0.2, -0.15) is 26.3 Å². The van der Waals surface area contributed by atoms with E-state index in [9.17, 15) is 36.2 Å². The predicted molar refractivity (Wildman–Crippen MR) is 58.5 cm³/mol. The molecule has 0 bridgehead atoms. The molecule has 1 aromatic carbocycles. The monoisotopic (exact) mass is 316 g/mol. The maximum Gasteiger partial charge on any atom is 0.418 e. The van der Waals surface area contributed by atoms with Gasteiger partial charge in [0.2, 0.25) is 0 Å². The maximum atomic E-state index is 12.7. The fourth-order valence-electron chi connectivity index (χ4n) is 1.74. The molecule has 2 N–H and O–H groups in total. The molecule has 2 atom stereocenters. The second-order valence-corrected chi connectivity index (χ2v) is 4.54. The number of benzene rings is 1. The molecule has 1 aromatic rings. The van der Waals surface area contributed by atoms with Gasteiger partial charge in [0.1, 0.15) is 5.92 Å². The molecular formula is C12H10F6O3. The summed E-state index contributed by atoms with van der Waals surface area (Å²) >= 11 is 0. The molecule has 0 aliphatic carbocycles. The summed E-state index contributed by atoms with van der Waals surface area (Å²) in [5, 5.41) is 18.3. The van der Waals surface area contributed by atoms with Crippen LogP contribution in [0, 0.1) is 0 Å². The smallest absolute Gasteiger partial charge is 0.418 e. The van der Waals surface area contributed by atoms with Gasteiger partial charge in [-0.05, 0) is 24.6 Å². The van der Waals surface area contributed by atoms with Crippen molar-refractivity contribution in [3.63, 3.8) is 0 Å². The largest absolute Gasteiger partial charge is 0.481 e. The standard InChI is InChI=1S/C12H10F6O3/c1-10(21,12(16,17)18)8(9(19)20)6-2-4-7(5-3-6)11(13,14)15/h2-5,8,21H,1H3,(H,19,20). The van der Waals surface area contributed by atoms with Crippen LogP contribution in [0.5, 0.6) is 0 Å². The highest BCUT2D eigenvalue weighted by Crippen LogP contribution is 2.41. The van der Waals surface area contributed by atoms with E-state index >= 15 is 0 Å². The highest BCUT2D eigenvalue weighted by atomic mass is 19.4. The summed E-state index contributed by atoms with van der Waals surface area (Å²) in [5.74, 6) is -4.45. The van der Waals surface area contributed by atoms with Crippen molar-refractivity contribution in [1.82, 2.24) is 0 Å². The minimum absolute atomic E-state index is 0.253. The molecule has 0 heterocycles. The van der Waals surface area contributed by atoms with Crippen LogP contribution in [0.2, 0.25) is 0 Å². The molecule has 0 aliphatic heterocycles. The lowest BCUT2D eigenvalue weighted by Gasteiger charge is -2.32. The van der Waals surface area contributed by atoms with Gasteiger partial charge in [0, 0.05) is 0 Å². The van der Waals surface area contributed by atoms with Crippen molar-refractivity contribution in [2.24, 2.45) is 0 Å². The average Bonchev–Trinajstić information content (AvgIpc) is 2.26. The fraction of sp³-hybridized carbons (Fsp3) is 0.417. The van der Waals surface area contributed by atoms with Crippen LogP contribution in [0.15, 0.2) is 24.3 Å². The molecule has 0 fully saturated rings. The van der Waals surface area contributed by atoms with Gasteiger partial charge < -0.3 is 10.2 Å². The zero-order chi connectivity index (χ0) is 16.6. The summed E-state index contributed by atoms with van der Waals surface area (Å²) in [5.41, 5.74) is -5.35. The van der Waals surface area contributed by atoms with Gasteiger partial charge in [0.25, 0.3) is 0 Å². The normalized spacial score (nSPS) is 17.1. The number of carboxylic acid groups (broad SMARTS) is 1. The van der Waals surface area contributed by atoms with Crippen molar-refractivity contribution < 1.29 is 41.4 Å². The number of hydrogen-bond donors (Lipinski definition) is 2. The second kappa shape index (κ2) is 5.21. The van der Waals surface area contributed by atoms with E-state index in [-0.39, 0.29) is 6.92 Å². The minimum atomic E-state index is -5.27. The van der Waals surface area contributed by atoms with Crippen LogP contribution in [-0.2, 0) is 11.0 Å². The third-order valence-corrected chi connectivity index (χ3v) is 2.95. The van der Waals surface area contributed by atoms with Crippen molar-refractivity contribution in [1.29, 1.82) is 0 Å². The van der Waals surface area contributed by atoms with Gasteiger partial charge in [-0.1, -0.05) is 12.1 Å². The number of alkyl halides is 6. The first-order valence-electron chi connectivity index (χ1n) is 5.47. The Bertz CT molecular complexity index is 515. The summed E-state index contributed by atoms with van der Waals surface area (Å²) < 4.78 is 75.2. The van der Waals surface area contributed by atoms with Crippen LogP contribution < -0.4 is 0 Å². The van der Waals surface area contributed by atoms with Crippen LogP contribution in [-0.4, -0.2) is 28.0 Å². The van der Waals surface area contributed by atoms with Gasteiger partial charge in [0.15, 0.2) is 5.60 Å². The molecule has 2 unspecified atom stereocenters. The van der Waals surface area contributed by atoms with Crippen molar-refractivity contribution in [3.05, 3.63) is 35.4 Å². The Morgan fingerprint density at radius 3 is 1.76 bits per heavy atom. The molecule has 0 amide bonds. The lowest BCUT2D eigenvalue weighted by Crippen LogP contribution is -2.50. The average molecular weight is 316 g/mol. The lowest BCUT2D eigenvalue weighted by molar-refractivity contribution is -0.261. The Balaban J connectivity index is 3.29. The Morgan fingerprint density at radius 2 is 1.48 bits per heavy atom. The molecule has 3 nitrogen and oxygen atoms in total. The molecule has 0 aromatic heterocycles. The summed E-state index contributed by atoms with van der Waals surface area (Å²) in [6, 6.07) is 2.11. The van der Waals surface area contributed by atoms with Gasteiger partial charge in [-0.25, -0.2) is 0 Å². The molecule has 0 spiro atoms. The molecular weight excluding hydrogens is 306 g/mol. The lowest BCUT2D eigenvalue weighted by atomic mass is 9.82. The highest BCUT2D eigenvalue weighted by Gasteiger charge is 2.58. The van der Waals surface area contributed by atoms with E-state index in [1.165, 1.54) is 0 Å². The first-order valence-corrected chi connectivity index (χ1v) is 5.47. The SMILES string of the molecule is CC(O)(C(C(=O)O)c1ccc(C(F)(F)F)cc1)C(F)(F)F. The van der Waals surface area contributed by atoms with Crippen LogP contribution in [0.1, 0.15) is 24.0 Å². The van der Waals surface area contributed by atoms with E-state index in [0.717, 1.165) is 0 Å². The molecule has 9 heteroatoms. The Hall–Kier alpha value is -1.77.